The number of nitrogens with one attached hydrogen (secondary N) is 1. The molecule has 0 saturated heterocycles. The quantitative estimate of drug-likeness (QED) is 0.179. The van der Waals surface area contributed by atoms with E-state index < -0.39 is 34.1 Å². The number of sulfonamides is 1. The Morgan fingerprint density at radius 2 is 1.43 bits per heavy atom. The van der Waals surface area contributed by atoms with Crippen molar-refractivity contribution in [2.45, 2.75) is 64.1 Å². The average molecular weight is 681 g/mol. The fourth-order valence-corrected chi connectivity index (χ4v) is 6.92. The van der Waals surface area contributed by atoms with Crippen molar-refractivity contribution in [2.75, 3.05) is 10.8 Å². The Kier molecular flexibility index (Phi) is 11.2. The molecular weight excluding hydrogens is 641 g/mol. The maximum absolute atomic E-state index is 14.6. The molecule has 242 valence electrons. The van der Waals surface area contributed by atoms with Gasteiger partial charge in [-0.15, -0.1) is 0 Å². The summed E-state index contributed by atoms with van der Waals surface area (Å²) in [6.07, 6.45) is 0.211. The summed E-state index contributed by atoms with van der Waals surface area (Å²) < 4.78 is 29.4. The lowest BCUT2D eigenvalue weighted by molar-refractivity contribution is -0.140. The smallest absolute Gasteiger partial charge is 0.264 e. The summed E-state index contributed by atoms with van der Waals surface area (Å²) in [5, 5.41) is 3.16. The maximum Gasteiger partial charge on any atom is 0.264 e. The molecule has 46 heavy (non-hydrogen) atoms. The molecule has 4 rings (SSSR count). The van der Waals surface area contributed by atoms with Gasteiger partial charge >= 0.3 is 0 Å². The number of aryl methyl sites for hydroxylation is 2. The predicted molar refractivity (Wildman–Crippen MR) is 186 cm³/mol. The Bertz CT molecular complexity index is 1790. The lowest BCUT2D eigenvalue weighted by Crippen LogP contribution is -2.56. The minimum Gasteiger partial charge on any atom is -0.350 e. The first-order valence-electron chi connectivity index (χ1n) is 14.9. The van der Waals surface area contributed by atoms with Gasteiger partial charge in [0.25, 0.3) is 10.0 Å². The Morgan fingerprint density at radius 3 is 2.07 bits per heavy atom. The third kappa shape index (κ3) is 8.90. The Morgan fingerprint density at radius 1 is 0.804 bits per heavy atom. The molecule has 7 nitrogen and oxygen atoms in total. The summed E-state index contributed by atoms with van der Waals surface area (Å²) in [5.41, 5.74) is 2.97. The van der Waals surface area contributed by atoms with Gasteiger partial charge in [0, 0.05) is 18.5 Å². The number of amides is 2. The molecule has 1 atom stereocenters. The van der Waals surface area contributed by atoms with Crippen LogP contribution < -0.4 is 9.62 Å². The molecule has 1 unspecified atom stereocenters. The van der Waals surface area contributed by atoms with Crippen LogP contribution in [0, 0.1) is 13.8 Å². The van der Waals surface area contributed by atoms with Crippen molar-refractivity contribution >= 4 is 50.7 Å². The number of benzene rings is 4. The summed E-state index contributed by atoms with van der Waals surface area (Å²) in [5.74, 6) is -0.940. The van der Waals surface area contributed by atoms with Crippen molar-refractivity contribution in [1.29, 1.82) is 0 Å². The lowest BCUT2D eigenvalue weighted by Gasteiger charge is -2.35. The highest BCUT2D eigenvalue weighted by atomic mass is 35.5. The van der Waals surface area contributed by atoms with Crippen LogP contribution in [0.1, 0.15) is 43.0 Å². The zero-order chi connectivity index (χ0) is 33.6. The average Bonchev–Trinajstić information content (AvgIpc) is 2.99. The predicted octanol–water partition coefficient (Wildman–Crippen LogP) is 7.36. The van der Waals surface area contributed by atoms with Crippen LogP contribution >= 0.6 is 23.2 Å². The van der Waals surface area contributed by atoms with Gasteiger partial charge in [-0.25, -0.2) is 8.42 Å². The van der Waals surface area contributed by atoms with E-state index in [1.807, 2.05) is 89.2 Å². The van der Waals surface area contributed by atoms with Gasteiger partial charge in [-0.05, 0) is 70.0 Å². The number of carbonyl (C=O) groups excluding carboxylic acids is 2. The summed E-state index contributed by atoms with van der Waals surface area (Å²) in [7, 11) is -4.31. The number of hydrogen-bond donors (Lipinski definition) is 1. The number of hydrogen-bond acceptors (Lipinski definition) is 4. The second kappa shape index (κ2) is 14.7. The normalized spacial score (nSPS) is 12.3. The van der Waals surface area contributed by atoms with Gasteiger partial charge in [-0.3, -0.25) is 13.9 Å². The molecule has 4 aromatic rings. The van der Waals surface area contributed by atoms with E-state index in [2.05, 4.69) is 5.32 Å². The molecule has 0 heterocycles. The molecule has 1 N–H and O–H groups in total. The van der Waals surface area contributed by atoms with Gasteiger partial charge in [0.15, 0.2) is 0 Å². The summed E-state index contributed by atoms with van der Waals surface area (Å²) in [6, 6.07) is 27.1. The number of nitrogens with zero attached hydrogens (tertiary/aromatic N) is 2. The van der Waals surface area contributed by atoms with E-state index >= 15 is 0 Å². The Labute approximate surface area is 282 Å². The van der Waals surface area contributed by atoms with E-state index in [1.165, 1.54) is 23.1 Å². The van der Waals surface area contributed by atoms with E-state index in [0.29, 0.717) is 0 Å². The largest absolute Gasteiger partial charge is 0.350 e. The fraction of sp³-hybridized carbons (Fsp3) is 0.278. The molecule has 0 bridgehead atoms. The van der Waals surface area contributed by atoms with Crippen molar-refractivity contribution in [2.24, 2.45) is 0 Å². The van der Waals surface area contributed by atoms with Crippen LogP contribution in [-0.2, 0) is 32.6 Å². The molecule has 0 saturated carbocycles. The lowest BCUT2D eigenvalue weighted by atomic mass is 10.0. The zero-order valence-corrected chi connectivity index (χ0v) is 29.0. The van der Waals surface area contributed by atoms with Gasteiger partial charge in [0.1, 0.15) is 12.6 Å². The number of anilines is 1. The highest BCUT2D eigenvalue weighted by molar-refractivity contribution is 7.92. The van der Waals surface area contributed by atoms with E-state index in [1.54, 1.807) is 24.3 Å². The Hall–Kier alpha value is -3.85. The minimum atomic E-state index is -4.31. The summed E-state index contributed by atoms with van der Waals surface area (Å²) >= 11 is 12.9. The first-order chi connectivity index (χ1) is 21.7. The van der Waals surface area contributed by atoms with Crippen molar-refractivity contribution in [1.82, 2.24) is 10.2 Å². The molecule has 2 amide bonds. The van der Waals surface area contributed by atoms with Gasteiger partial charge in [-0.2, -0.15) is 0 Å². The van der Waals surface area contributed by atoms with E-state index in [0.717, 1.165) is 26.6 Å². The highest BCUT2D eigenvalue weighted by Crippen LogP contribution is 2.35. The van der Waals surface area contributed by atoms with Crippen molar-refractivity contribution < 1.29 is 18.0 Å². The molecule has 10 heteroatoms. The second-order valence-corrected chi connectivity index (χ2v) is 15.0. The van der Waals surface area contributed by atoms with E-state index in [9.17, 15) is 18.0 Å². The molecular formula is C36H39Cl2N3O4S. The monoisotopic (exact) mass is 679 g/mol. The first kappa shape index (κ1) is 35.0. The molecule has 0 aliphatic rings. The SMILES string of the molecule is Cc1ccc(S(=O)(=O)N(CC(=O)N(Cc2cccc(C)c2)C(Cc2ccccc2)C(=O)NC(C)(C)C)c2cccc(Cl)c2Cl)cc1. The molecule has 0 radical (unpaired) electrons. The first-order valence-corrected chi connectivity index (χ1v) is 17.1. The Balaban J connectivity index is 1.85. The summed E-state index contributed by atoms with van der Waals surface area (Å²) in [4.78, 5) is 30.0. The highest BCUT2D eigenvalue weighted by Gasteiger charge is 2.36. The topological polar surface area (TPSA) is 86.8 Å². The summed E-state index contributed by atoms with van der Waals surface area (Å²) in [6.45, 7) is 8.84. The van der Waals surface area contributed by atoms with Crippen molar-refractivity contribution in [3.05, 3.63) is 129 Å². The molecule has 0 spiro atoms. The number of halogens is 2. The van der Waals surface area contributed by atoms with Gasteiger partial charge in [-0.1, -0.05) is 107 Å². The van der Waals surface area contributed by atoms with Crippen LogP contribution in [0.5, 0.6) is 0 Å². The molecule has 4 aromatic carbocycles. The van der Waals surface area contributed by atoms with Crippen LogP contribution in [0.25, 0.3) is 0 Å². The third-order valence-electron chi connectivity index (χ3n) is 7.29. The van der Waals surface area contributed by atoms with Crippen LogP contribution in [0.3, 0.4) is 0 Å². The van der Waals surface area contributed by atoms with Gasteiger partial charge in [0.2, 0.25) is 11.8 Å². The fourth-order valence-electron chi connectivity index (χ4n) is 5.05. The number of rotatable bonds is 11. The molecule has 0 aromatic heterocycles. The van der Waals surface area contributed by atoms with E-state index in [-0.39, 0.29) is 39.5 Å². The van der Waals surface area contributed by atoms with Crippen molar-refractivity contribution in [3.8, 4) is 0 Å². The molecule has 0 aliphatic carbocycles. The molecule has 0 aliphatic heterocycles. The minimum absolute atomic E-state index is 0.0100. The maximum atomic E-state index is 14.6. The van der Waals surface area contributed by atoms with Crippen LogP contribution in [0.15, 0.2) is 102 Å². The van der Waals surface area contributed by atoms with Crippen molar-refractivity contribution in [3.63, 3.8) is 0 Å². The van der Waals surface area contributed by atoms with Crippen LogP contribution in [0.2, 0.25) is 10.0 Å². The number of carbonyl (C=O) groups is 2. The van der Waals surface area contributed by atoms with Crippen LogP contribution in [0.4, 0.5) is 5.69 Å². The molecule has 0 fully saturated rings. The van der Waals surface area contributed by atoms with Crippen LogP contribution in [-0.4, -0.2) is 43.3 Å². The van der Waals surface area contributed by atoms with Gasteiger partial charge in [0.05, 0.1) is 20.6 Å². The third-order valence-corrected chi connectivity index (χ3v) is 9.88. The second-order valence-electron chi connectivity index (χ2n) is 12.4. The van der Waals surface area contributed by atoms with E-state index in [4.69, 9.17) is 23.2 Å². The van der Waals surface area contributed by atoms with Gasteiger partial charge < -0.3 is 10.2 Å². The standard InChI is InChI=1S/C36H39Cl2N3O4S/c1-25-17-19-29(20-18-25)46(44,45)41(31-16-10-15-30(37)34(31)38)24-33(42)40(23-28-14-9-11-26(2)21-28)32(35(43)39-36(3,4)5)22-27-12-7-6-8-13-27/h6-21,32H,22-24H2,1-5H3,(H,39,43). The zero-order valence-electron chi connectivity index (χ0n) is 26.6.